The third-order valence-corrected chi connectivity index (χ3v) is 4.03. The summed E-state index contributed by atoms with van der Waals surface area (Å²) in [6.45, 7) is 2.13. The van der Waals surface area contributed by atoms with Gasteiger partial charge in [-0.05, 0) is 6.42 Å². The predicted octanol–water partition coefficient (Wildman–Crippen LogP) is -0.995. The van der Waals surface area contributed by atoms with Crippen molar-refractivity contribution in [2.75, 3.05) is 6.61 Å². The highest BCUT2D eigenvalue weighted by Gasteiger charge is 2.43. The van der Waals surface area contributed by atoms with Crippen LogP contribution in [0.15, 0.2) is 17.2 Å². The van der Waals surface area contributed by atoms with E-state index in [0.29, 0.717) is 11.9 Å². The second-order valence-electron chi connectivity index (χ2n) is 5.67. The highest BCUT2D eigenvalue weighted by atomic mass is 16.6. The minimum Gasteiger partial charge on any atom is -0.394 e. The number of aliphatic hydroxyl groups is 3. The van der Waals surface area contributed by atoms with Crippen molar-refractivity contribution in [1.29, 1.82) is 0 Å². The molecule has 9 nitrogen and oxygen atoms in total. The van der Waals surface area contributed by atoms with E-state index < -0.39 is 31.1 Å². The SMILES string of the molecule is CCCCn1ncc2cn([C@@H]3O[C@H](CO)[C@@H](O)[C@H]3O)nc2c1=O. The Bertz CT molecular complexity index is 742. The van der Waals surface area contributed by atoms with E-state index in [1.54, 1.807) is 0 Å². The second kappa shape index (κ2) is 6.36. The summed E-state index contributed by atoms with van der Waals surface area (Å²) in [6.07, 6.45) is 0.566. The van der Waals surface area contributed by atoms with Crippen LogP contribution in [-0.4, -0.2) is 59.8 Å². The molecule has 2 aromatic rings. The van der Waals surface area contributed by atoms with Crippen molar-refractivity contribution in [3.05, 3.63) is 22.7 Å². The van der Waals surface area contributed by atoms with Gasteiger partial charge in [-0.2, -0.15) is 10.2 Å². The molecule has 0 spiro atoms. The summed E-state index contributed by atoms with van der Waals surface area (Å²) in [6, 6.07) is 0. The Morgan fingerprint density at radius 3 is 2.78 bits per heavy atom. The van der Waals surface area contributed by atoms with Crippen molar-refractivity contribution in [3.63, 3.8) is 0 Å². The molecule has 23 heavy (non-hydrogen) atoms. The molecule has 1 saturated heterocycles. The van der Waals surface area contributed by atoms with Crippen molar-refractivity contribution >= 4 is 10.9 Å². The summed E-state index contributed by atoms with van der Waals surface area (Å²) in [7, 11) is 0. The third kappa shape index (κ3) is 2.76. The summed E-state index contributed by atoms with van der Waals surface area (Å²) >= 11 is 0. The number of ether oxygens (including phenoxy) is 1. The number of aryl methyl sites for hydroxylation is 1. The number of hydrogen-bond donors (Lipinski definition) is 3. The highest BCUT2D eigenvalue weighted by Crippen LogP contribution is 2.29. The fraction of sp³-hybridized carbons (Fsp3) is 0.643. The first kappa shape index (κ1) is 16.1. The maximum absolute atomic E-state index is 12.4. The van der Waals surface area contributed by atoms with Crippen molar-refractivity contribution in [2.45, 2.75) is 50.8 Å². The molecule has 126 valence electrons. The Labute approximate surface area is 131 Å². The normalized spacial score (nSPS) is 27.8. The van der Waals surface area contributed by atoms with Crippen LogP contribution in [0.2, 0.25) is 0 Å². The van der Waals surface area contributed by atoms with E-state index in [2.05, 4.69) is 10.2 Å². The Balaban J connectivity index is 1.94. The topological polar surface area (TPSA) is 123 Å². The van der Waals surface area contributed by atoms with Crippen LogP contribution in [0, 0.1) is 0 Å². The van der Waals surface area contributed by atoms with Gasteiger partial charge in [-0.1, -0.05) is 13.3 Å². The van der Waals surface area contributed by atoms with Crippen LogP contribution in [0.3, 0.4) is 0 Å². The number of aliphatic hydroxyl groups excluding tert-OH is 3. The molecule has 0 bridgehead atoms. The van der Waals surface area contributed by atoms with Gasteiger partial charge < -0.3 is 20.1 Å². The number of rotatable bonds is 5. The average molecular weight is 324 g/mol. The van der Waals surface area contributed by atoms with Crippen LogP contribution in [0.1, 0.15) is 26.0 Å². The fourth-order valence-electron chi connectivity index (χ4n) is 2.67. The molecule has 3 heterocycles. The van der Waals surface area contributed by atoms with Crippen LogP contribution >= 0.6 is 0 Å². The van der Waals surface area contributed by atoms with Gasteiger partial charge in [-0.25, -0.2) is 9.36 Å². The van der Waals surface area contributed by atoms with Gasteiger partial charge in [0.2, 0.25) is 0 Å². The van der Waals surface area contributed by atoms with Gasteiger partial charge in [0.25, 0.3) is 5.56 Å². The molecule has 0 unspecified atom stereocenters. The quantitative estimate of drug-likeness (QED) is 0.645. The molecule has 1 fully saturated rings. The minimum atomic E-state index is -1.24. The molecule has 1 aliphatic rings. The summed E-state index contributed by atoms with van der Waals surface area (Å²) in [5, 5.41) is 37.8. The fourth-order valence-corrected chi connectivity index (χ4v) is 2.67. The van der Waals surface area contributed by atoms with Gasteiger partial charge in [0, 0.05) is 18.1 Å². The lowest BCUT2D eigenvalue weighted by Crippen LogP contribution is -2.33. The van der Waals surface area contributed by atoms with Crippen LogP contribution in [0.4, 0.5) is 0 Å². The zero-order valence-corrected chi connectivity index (χ0v) is 12.7. The van der Waals surface area contributed by atoms with E-state index in [1.165, 1.54) is 21.8 Å². The molecule has 2 aromatic heterocycles. The van der Waals surface area contributed by atoms with Gasteiger partial charge in [-0.3, -0.25) is 4.79 Å². The van der Waals surface area contributed by atoms with E-state index in [9.17, 15) is 15.0 Å². The first-order chi connectivity index (χ1) is 11.1. The average Bonchev–Trinajstić information content (AvgIpc) is 3.10. The minimum absolute atomic E-state index is 0.230. The zero-order chi connectivity index (χ0) is 16.6. The first-order valence-corrected chi connectivity index (χ1v) is 7.64. The van der Waals surface area contributed by atoms with Crippen LogP contribution in [-0.2, 0) is 11.3 Å². The molecule has 3 N–H and O–H groups in total. The van der Waals surface area contributed by atoms with E-state index in [1.807, 2.05) is 6.92 Å². The zero-order valence-electron chi connectivity index (χ0n) is 12.7. The van der Waals surface area contributed by atoms with Gasteiger partial charge in [-0.15, -0.1) is 0 Å². The van der Waals surface area contributed by atoms with Crippen molar-refractivity contribution < 1.29 is 20.1 Å². The number of aromatic nitrogens is 4. The number of nitrogens with zero attached hydrogens (tertiary/aromatic N) is 4. The summed E-state index contributed by atoms with van der Waals surface area (Å²) < 4.78 is 8.06. The van der Waals surface area contributed by atoms with Crippen molar-refractivity contribution in [1.82, 2.24) is 19.6 Å². The van der Waals surface area contributed by atoms with E-state index in [4.69, 9.17) is 9.84 Å². The van der Waals surface area contributed by atoms with Crippen LogP contribution in [0.25, 0.3) is 10.9 Å². The highest BCUT2D eigenvalue weighted by molar-refractivity contribution is 5.75. The molecule has 0 aliphatic carbocycles. The van der Waals surface area contributed by atoms with Gasteiger partial charge in [0.15, 0.2) is 11.7 Å². The predicted molar refractivity (Wildman–Crippen MR) is 79.7 cm³/mol. The molecule has 0 radical (unpaired) electrons. The molecule has 9 heteroatoms. The lowest BCUT2D eigenvalue weighted by molar-refractivity contribution is -0.0583. The van der Waals surface area contributed by atoms with E-state index in [0.717, 1.165) is 12.8 Å². The van der Waals surface area contributed by atoms with E-state index in [-0.39, 0.29) is 11.1 Å². The monoisotopic (exact) mass is 324 g/mol. The number of hydrogen-bond acceptors (Lipinski definition) is 7. The second-order valence-corrected chi connectivity index (χ2v) is 5.67. The molecule has 3 rings (SSSR count). The lowest BCUT2D eigenvalue weighted by atomic mass is 10.1. The molecule has 4 atom stereocenters. The molecule has 0 saturated carbocycles. The van der Waals surface area contributed by atoms with Crippen molar-refractivity contribution in [2.24, 2.45) is 0 Å². The van der Waals surface area contributed by atoms with Crippen LogP contribution in [0.5, 0.6) is 0 Å². The van der Waals surface area contributed by atoms with Gasteiger partial charge in [0.1, 0.15) is 18.3 Å². The summed E-state index contributed by atoms with van der Waals surface area (Å²) in [5.74, 6) is 0. The maximum atomic E-state index is 12.4. The third-order valence-electron chi connectivity index (χ3n) is 4.03. The largest absolute Gasteiger partial charge is 0.394 e. The molecular formula is C14H20N4O5. The van der Waals surface area contributed by atoms with Crippen molar-refractivity contribution in [3.8, 4) is 0 Å². The molecule has 0 aromatic carbocycles. The Morgan fingerprint density at radius 1 is 1.35 bits per heavy atom. The van der Waals surface area contributed by atoms with E-state index >= 15 is 0 Å². The Kier molecular flexibility index (Phi) is 4.44. The van der Waals surface area contributed by atoms with Gasteiger partial charge >= 0.3 is 0 Å². The molecule has 0 amide bonds. The number of unbranched alkanes of at least 4 members (excludes halogenated alkanes) is 1. The first-order valence-electron chi connectivity index (χ1n) is 7.64. The standard InChI is InChI=1S/C14H20N4O5/c1-2-3-4-17-13(22)10-8(5-15-17)6-18(16-10)14-12(21)11(20)9(7-19)23-14/h5-6,9,11-12,14,19-21H,2-4,7H2,1H3/t9-,11-,12-,14-/m1/s1. The number of fused-ring (bicyclic) bond motifs is 1. The summed E-state index contributed by atoms with van der Waals surface area (Å²) in [4.78, 5) is 12.4. The maximum Gasteiger partial charge on any atom is 0.295 e. The van der Waals surface area contributed by atoms with Crippen LogP contribution < -0.4 is 5.56 Å². The Hall–Kier alpha value is -1.81. The Morgan fingerprint density at radius 2 is 2.13 bits per heavy atom. The smallest absolute Gasteiger partial charge is 0.295 e. The lowest BCUT2D eigenvalue weighted by Gasteiger charge is -2.14. The molecular weight excluding hydrogens is 304 g/mol. The van der Waals surface area contributed by atoms with Gasteiger partial charge in [0.05, 0.1) is 12.8 Å². The summed E-state index contributed by atoms with van der Waals surface area (Å²) in [5.41, 5.74) is -0.0738. The molecule has 1 aliphatic heterocycles.